The van der Waals surface area contributed by atoms with Gasteiger partial charge in [-0.1, -0.05) is 0 Å². The van der Waals surface area contributed by atoms with Crippen molar-refractivity contribution < 1.29 is 19.1 Å². The number of nitrogens with one attached hydrogen (secondary N) is 1. The maximum Gasteiger partial charge on any atom is 0.407 e. The van der Waals surface area contributed by atoms with Gasteiger partial charge in [-0.05, 0) is 27.2 Å². The maximum atomic E-state index is 11.3. The lowest BCUT2D eigenvalue weighted by Crippen LogP contribution is -2.42. The molecule has 0 saturated carbocycles. The summed E-state index contributed by atoms with van der Waals surface area (Å²) in [4.78, 5) is 11.3. The zero-order chi connectivity index (χ0) is 13.7. The van der Waals surface area contributed by atoms with Crippen LogP contribution in [0.4, 0.5) is 4.79 Å². The Bertz CT molecular complexity index is 241. The molecule has 17 heavy (non-hydrogen) atoms. The molecule has 0 radical (unpaired) electrons. The Labute approximate surface area is 104 Å². The van der Waals surface area contributed by atoms with Crippen molar-refractivity contribution in [2.24, 2.45) is 0 Å². The van der Waals surface area contributed by atoms with Crippen LogP contribution in [0.3, 0.4) is 0 Å². The molecule has 0 aliphatic heterocycles. The van der Waals surface area contributed by atoms with E-state index in [-0.39, 0.29) is 0 Å². The molecular formula is C12H27N2O3+. The van der Waals surface area contributed by atoms with Gasteiger partial charge in [0.05, 0.1) is 21.1 Å². The van der Waals surface area contributed by atoms with Crippen molar-refractivity contribution in [2.75, 3.05) is 34.2 Å². The van der Waals surface area contributed by atoms with Gasteiger partial charge in [0.15, 0.2) is 0 Å². The first-order chi connectivity index (χ1) is 7.49. The predicted molar refractivity (Wildman–Crippen MR) is 67.8 cm³/mol. The number of hydrogen-bond acceptors (Lipinski definition) is 3. The Morgan fingerprint density at radius 3 is 2.29 bits per heavy atom. The third kappa shape index (κ3) is 11.5. The molecule has 0 spiro atoms. The van der Waals surface area contributed by atoms with Gasteiger partial charge in [-0.25, -0.2) is 4.79 Å². The highest BCUT2D eigenvalue weighted by molar-refractivity contribution is 5.67. The van der Waals surface area contributed by atoms with Crippen LogP contribution in [0.15, 0.2) is 0 Å². The van der Waals surface area contributed by atoms with E-state index < -0.39 is 17.8 Å². The van der Waals surface area contributed by atoms with Crippen LogP contribution >= 0.6 is 0 Å². The minimum Gasteiger partial charge on any atom is -0.444 e. The number of carbonyl (C=O) groups is 1. The maximum absolute atomic E-state index is 11.3. The first kappa shape index (κ1) is 16.2. The van der Waals surface area contributed by atoms with E-state index in [9.17, 15) is 9.90 Å². The van der Waals surface area contributed by atoms with Gasteiger partial charge in [-0.15, -0.1) is 0 Å². The van der Waals surface area contributed by atoms with Crippen molar-refractivity contribution in [1.29, 1.82) is 0 Å². The van der Waals surface area contributed by atoms with Gasteiger partial charge in [0.1, 0.15) is 18.2 Å². The lowest BCUT2D eigenvalue weighted by Gasteiger charge is -2.26. The number of ether oxygens (including phenoxy) is 1. The normalized spacial score (nSPS) is 14.3. The number of rotatable bonds is 5. The molecule has 0 bridgehead atoms. The summed E-state index contributed by atoms with van der Waals surface area (Å²) in [5.74, 6) is 0. The second-order valence-corrected chi connectivity index (χ2v) is 6.34. The van der Waals surface area contributed by atoms with Crippen LogP contribution in [-0.4, -0.2) is 61.6 Å². The van der Waals surface area contributed by atoms with Gasteiger partial charge in [-0.2, -0.15) is 0 Å². The van der Waals surface area contributed by atoms with E-state index in [0.717, 1.165) is 0 Å². The van der Waals surface area contributed by atoms with Crippen LogP contribution in [-0.2, 0) is 4.74 Å². The first-order valence-electron chi connectivity index (χ1n) is 5.95. The number of alkyl carbamates (subject to hydrolysis) is 1. The van der Waals surface area contributed by atoms with Crippen molar-refractivity contribution in [2.45, 2.75) is 38.9 Å². The topological polar surface area (TPSA) is 58.6 Å². The number of aliphatic hydroxyl groups is 1. The van der Waals surface area contributed by atoms with E-state index in [1.54, 1.807) is 0 Å². The molecule has 0 heterocycles. The summed E-state index contributed by atoms with van der Waals surface area (Å²) in [6.07, 6.45) is -0.311. The summed E-state index contributed by atoms with van der Waals surface area (Å²) >= 11 is 0. The van der Waals surface area contributed by atoms with Crippen LogP contribution in [0.2, 0.25) is 0 Å². The highest BCUT2D eigenvalue weighted by Crippen LogP contribution is 2.06. The molecule has 1 unspecified atom stereocenters. The van der Waals surface area contributed by atoms with Gasteiger partial charge in [0.25, 0.3) is 0 Å². The highest BCUT2D eigenvalue weighted by Gasteiger charge is 2.18. The molecule has 0 aromatic carbocycles. The number of likely N-dealkylation sites (N-methyl/N-ethyl adjacent to an activating group) is 1. The molecule has 5 heteroatoms. The van der Waals surface area contributed by atoms with Crippen LogP contribution in [0, 0.1) is 0 Å². The van der Waals surface area contributed by atoms with Crippen LogP contribution in [0.5, 0.6) is 0 Å². The van der Waals surface area contributed by atoms with Crippen molar-refractivity contribution in [1.82, 2.24) is 5.32 Å². The van der Waals surface area contributed by atoms with Crippen molar-refractivity contribution in [3.8, 4) is 0 Å². The average Bonchev–Trinajstić information content (AvgIpc) is 1.95. The summed E-state index contributed by atoms with van der Waals surface area (Å²) in [5.41, 5.74) is -0.481. The van der Waals surface area contributed by atoms with Crippen LogP contribution in [0.1, 0.15) is 27.2 Å². The quantitative estimate of drug-likeness (QED) is 0.712. The Balaban J connectivity index is 3.74. The minimum atomic E-state index is -0.481. The molecule has 5 nitrogen and oxygen atoms in total. The van der Waals surface area contributed by atoms with Gasteiger partial charge in [0.2, 0.25) is 0 Å². The highest BCUT2D eigenvalue weighted by atomic mass is 16.6. The monoisotopic (exact) mass is 247 g/mol. The smallest absolute Gasteiger partial charge is 0.407 e. The molecule has 1 amide bonds. The van der Waals surface area contributed by atoms with Crippen molar-refractivity contribution in [3.63, 3.8) is 0 Å². The number of aliphatic hydroxyl groups excluding tert-OH is 1. The van der Waals surface area contributed by atoms with Gasteiger partial charge in [-0.3, -0.25) is 0 Å². The van der Waals surface area contributed by atoms with E-state index >= 15 is 0 Å². The second-order valence-electron chi connectivity index (χ2n) is 6.34. The number of nitrogens with zero attached hydrogens (tertiary/aromatic N) is 1. The van der Waals surface area contributed by atoms with E-state index in [4.69, 9.17) is 4.74 Å². The standard InChI is InChI=1S/C12H26N2O3/c1-12(2,3)17-11(16)13-8-7-10(15)9-14(4,5)6/h10,15H,7-9H2,1-6H3/p+1. The average molecular weight is 247 g/mol. The SMILES string of the molecule is CC(C)(C)OC(=O)NCCC(O)C[N+](C)(C)C. The second kappa shape index (κ2) is 6.21. The van der Waals surface area contributed by atoms with Gasteiger partial charge >= 0.3 is 6.09 Å². The molecule has 0 aromatic heterocycles. The van der Waals surface area contributed by atoms with E-state index in [1.807, 2.05) is 41.9 Å². The summed E-state index contributed by atoms with van der Waals surface area (Å²) in [7, 11) is 6.06. The third-order valence-electron chi connectivity index (χ3n) is 1.90. The number of carbonyl (C=O) groups excluding carboxylic acids is 1. The van der Waals surface area contributed by atoms with Crippen LogP contribution < -0.4 is 5.32 Å². The van der Waals surface area contributed by atoms with Gasteiger partial charge in [0, 0.05) is 6.54 Å². The minimum absolute atomic E-state index is 0.412. The summed E-state index contributed by atoms with van der Waals surface area (Å²) < 4.78 is 5.79. The molecule has 1 atom stereocenters. The molecule has 0 aromatic rings. The Hall–Kier alpha value is -0.810. The molecule has 0 saturated heterocycles. The number of quaternary nitrogens is 1. The molecule has 0 rings (SSSR count). The predicted octanol–water partition coefficient (Wildman–Crippen LogP) is 0.968. The zero-order valence-electron chi connectivity index (χ0n) is 11.9. The van der Waals surface area contributed by atoms with Crippen LogP contribution in [0.25, 0.3) is 0 Å². The van der Waals surface area contributed by atoms with Crippen molar-refractivity contribution >= 4 is 6.09 Å². The van der Waals surface area contributed by atoms with E-state index in [2.05, 4.69) is 5.32 Å². The molecule has 0 fully saturated rings. The molecular weight excluding hydrogens is 220 g/mol. The fourth-order valence-electron chi connectivity index (χ4n) is 1.38. The molecule has 0 aliphatic rings. The zero-order valence-corrected chi connectivity index (χ0v) is 11.9. The molecule has 2 N–H and O–H groups in total. The van der Waals surface area contributed by atoms with Gasteiger partial charge < -0.3 is 19.6 Å². The fourth-order valence-corrected chi connectivity index (χ4v) is 1.38. The summed E-state index contributed by atoms with van der Waals surface area (Å²) in [6.45, 7) is 6.54. The largest absolute Gasteiger partial charge is 0.444 e. The Kier molecular flexibility index (Phi) is 5.92. The summed E-state index contributed by atoms with van der Waals surface area (Å²) in [6, 6.07) is 0. The summed E-state index contributed by atoms with van der Waals surface area (Å²) in [5, 5.41) is 12.4. The fraction of sp³-hybridized carbons (Fsp3) is 0.917. The molecule has 0 aliphatic carbocycles. The lowest BCUT2D eigenvalue weighted by atomic mass is 10.2. The number of hydrogen-bond donors (Lipinski definition) is 2. The van der Waals surface area contributed by atoms with E-state index in [1.165, 1.54) is 0 Å². The lowest BCUT2D eigenvalue weighted by molar-refractivity contribution is -0.873. The Morgan fingerprint density at radius 2 is 1.88 bits per heavy atom. The van der Waals surface area contributed by atoms with Crippen molar-refractivity contribution in [3.05, 3.63) is 0 Å². The number of amides is 1. The molecule has 102 valence electrons. The third-order valence-corrected chi connectivity index (χ3v) is 1.90. The van der Waals surface area contributed by atoms with E-state index in [0.29, 0.717) is 24.0 Å². The first-order valence-corrected chi connectivity index (χ1v) is 5.95. The Morgan fingerprint density at radius 1 is 1.35 bits per heavy atom.